The molecule has 1 rings (SSSR count). The van der Waals surface area contributed by atoms with E-state index in [9.17, 15) is 9.59 Å². The Morgan fingerprint density at radius 1 is 1.50 bits per heavy atom. The molecule has 6 heteroatoms. The molecule has 1 N–H and O–H groups in total. The third kappa shape index (κ3) is 7.23. The highest BCUT2D eigenvalue weighted by molar-refractivity contribution is 7.13. The molecule has 0 radical (unpaired) electrons. The SMILES string of the molecule is CC(=O)Nc1nccs1.COC(C)=O. The standard InChI is InChI=1S/C5H6N2OS.C3H6O2/c1-4(8)7-5-6-2-3-9-5;1-3(4)5-2/h2-3H,1H3,(H,6,7,8);1-2H3. The lowest BCUT2D eigenvalue weighted by Crippen LogP contribution is -2.04. The van der Waals surface area contributed by atoms with Gasteiger partial charge in [-0.15, -0.1) is 11.3 Å². The fourth-order valence-corrected chi connectivity index (χ4v) is 1.01. The number of amides is 1. The summed E-state index contributed by atoms with van der Waals surface area (Å²) < 4.78 is 4.11. The number of rotatable bonds is 1. The van der Waals surface area contributed by atoms with Gasteiger partial charge >= 0.3 is 5.97 Å². The molecule has 1 aromatic heterocycles. The van der Waals surface area contributed by atoms with Gasteiger partial charge in [0.1, 0.15) is 0 Å². The van der Waals surface area contributed by atoms with E-state index < -0.39 is 0 Å². The molecule has 1 aromatic rings. The van der Waals surface area contributed by atoms with Crippen LogP contribution < -0.4 is 5.32 Å². The van der Waals surface area contributed by atoms with Crippen LogP contribution in [0, 0.1) is 0 Å². The van der Waals surface area contributed by atoms with Gasteiger partial charge < -0.3 is 10.1 Å². The highest BCUT2D eigenvalue weighted by Crippen LogP contribution is 2.08. The number of methoxy groups -OCH3 is 1. The summed E-state index contributed by atoms with van der Waals surface area (Å²) in [5.74, 6) is -0.324. The Balaban J connectivity index is 0.000000292. The van der Waals surface area contributed by atoms with Crippen LogP contribution in [0.2, 0.25) is 0 Å². The maximum Gasteiger partial charge on any atom is 0.302 e. The van der Waals surface area contributed by atoms with Crippen LogP contribution in [0.4, 0.5) is 5.13 Å². The van der Waals surface area contributed by atoms with Crippen molar-refractivity contribution in [2.75, 3.05) is 12.4 Å². The minimum Gasteiger partial charge on any atom is -0.469 e. The quantitative estimate of drug-likeness (QED) is 0.718. The van der Waals surface area contributed by atoms with Crippen LogP contribution in [-0.2, 0) is 14.3 Å². The van der Waals surface area contributed by atoms with Gasteiger partial charge in [0.15, 0.2) is 5.13 Å². The molecule has 0 aliphatic rings. The van der Waals surface area contributed by atoms with Crippen molar-refractivity contribution in [3.8, 4) is 0 Å². The molecule has 14 heavy (non-hydrogen) atoms. The number of aromatic nitrogens is 1. The summed E-state index contributed by atoms with van der Waals surface area (Å²) in [5.41, 5.74) is 0. The maximum absolute atomic E-state index is 10.4. The van der Waals surface area contributed by atoms with Crippen molar-refractivity contribution < 1.29 is 14.3 Å². The van der Waals surface area contributed by atoms with Gasteiger partial charge in [-0.3, -0.25) is 9.59 Å². The number of nitrogens with zero attached hydrogens (tertiary/aromatic N) is 1. The lowest BCUT2D eigenvalue weighted by atomic mass is 10.7. The second-order valence-electron chi connectivity index (χ2n) is 2.21. The summed E-state index contributed by atoms with van der Waals surface area (Å²) in [6, 6.07) is 0. The van der Waals surface area contributed by atoms with Crippen molar-refractivity contribution in [1.29, 1.82) is 0 Å². The molecular formula is C8H12N2O3S. The maximum atomic E-state index is 10.4. The number of nitrogens with one attached hydrogen (secondary N) is 1. The average Bonchev–Trinajstić information content (AvgIpc) is 2.57. The van der Waals surface area contributed by atoms with Gasteiger partial charge in [0.2, 0.25) is 5.91 Å². The number of carbonyl (C=O) groups is 2. The molecule has 0 unspecified atom stereocenters. The topological polar surface area (TPSA) is 68.3 Å². The molecule has 0 fully saturated rings. The third-order valence-electron chi connectivity index (χ3n) is 1.00. The number of hydrogen-bond acceptors (Lipinski definition) is 5. The first-order valence-electron chi connectivity index (χ1n) is 3.78. The van der Waals surface area contributed by atoms with Gasteiger partial charge in [-0.2, -0.15) is 0 Å². The number of esters is 1. The first-order valence-corrected chi connectivity index (χ1v) is 4.66. The molecule has 0 atom stereocenters. The lowest BCUT2D eigenvalue weighted by Gasteiger charge is -1.90. The summed E-state index contributed by atoms with van der Waals surface area (Å²) in [4.78, 5) is 23.8. The molecular weight excluding hydrogens is 204 g/mol. The predicted molar refractivity (Wildman–Crippen MR) is 54.1 cm³/mol. The number of anilines is 1. The monoisotopic (exact) mass is 216 g/mol. The Hall–Kier alpha value is -1.43. The number of thiazole rings is 1. The fourth-order valence-electron chi connectivity index (χ4n) is 0.436. The molecule has 0 saturated carbocycles. The Labute approximate surface area is 86.1 Å². The molecule has 0 saturated heterocycles. The van der Waals surface area contributed by atoms with Crippen molar-refractivity contribution in [3.05, 3.63) is 11.6 Å². The van der Waals surface area contributed by atoms with Crippen LogP contribution in [0.1, 0.15) is 13.8 Å². The van der Waals surface area contributed by atoms with Crippen molar-refractivity contribution in [2.24, 2.45) is 0 Å². The summed E-state index contributed by atoms with van der Waals surface area (Å²) in [5, 5.41) is 5.02. The molecule has 0 aliphatic heterocycles. The summed E-state index contributed by atoms with van der Waals surface area (Å²) >= 11 is 1.41. The van der Waals surface area contributed by atoms with Crippen molar-refractivity contribution in [1.82, 2.24) is 4.98 Å². The van der Waals surface area contributed by atoms with Gasteiger partial charge in [-0.25, -0.2) is 4.98 Å². The largest absolute Gasteiger partial charge is 0.469 e. The van der Waals surface area contributed by atoms with Crippen LogP contribution in [0.25, 0.3) is 0 Å². The minimum absolute atomic E-state index is 0.0787. The van der Waals surface area contributed by atoms with Crippen molar-refractivity contribution in [2.45, 2.75) is 13.8 Å². The van der Waals surface area contributed by atoms with Crippen LogP contribution in [0.3, 0.4) is 0 Å². The van der Waals surface area contributed by atoms with E-state index in [1.807, 2.05) is 5.38 Å². The Morgan fingerprint density at radius 2 is 2.07 bits per heavy atom. The molecule has 0 spiro atoms. The van der Waals surface area contributed by atoms with Gasteiger partial charge in [0.25, 0.3) is 0 Å². The van der Waals surface area contributed by atoms with E-state index in [-0.39, 0.29) is 11.9 Å². The van der Waals surface area contributed by atoms with Crippen LogP contribution in [0.15, 0.2) is 11.6 Å². The molecule has 78 valence electrons. The molecule has 1 amide bonds. The van der Waals surface area contributed by atoms with Gasteiger partial charge in [-0.1, -0.05) is 0 Å². The fraction of sp³-hybridized carbons (Fsp3) is 0.375. The second kappa shape index (κ2) is 7.02. The zero-order chi connectivity index (χ0) is 11.0. The number of carbonyl (C=O) groups excluding carboxylic acids is 2. The van der Waals surface area contributed by atoms with Crippen molar-refractivity contribution >= 4 is 28.3 Å². The van der Waals surface area contributed by atoms with Crippen molar-refractivity contribution in [3.63, 3.8) is 0 Å². The van der Waals surface area contributed by atoms with E-state index >= 15 is 0 Å². The number of hydrogen-bond donors (Lipinski definition) is 1. The smallest absolute Gasteiger partial charge is 0.302 e. The van der Waals surface area contributed by atoms with E-state index in [1.54, 1.807) is 6.20 Å². The average molecular weight is 216 g/mol. The summed E-state index contributed by atoms with van der Waals surface area (Å²) in [6.45, 7) is 2.82. The van der Waals surface area contributed by atoms with Crippen LogP contribution >= 0.6 is 11.3 Å². The first-order chi connectivity index (χ1) is 6.56. The summed E-state index contributed by atoms with van der Waals surface area (Å²) in [6.07, 6.45) is 1.65. The van der Waals surface area contributed by atoms with Crippen LogP contribution in [-0.4, -0.2) is 24.0 Å². The Kier molecular flexibility index (Phi) is 6.30. The van der Waals surface area contributed by atoms with E-state index in [0.717, 1.165) is 0 Å². The van der Waals surface area contributed by atoms with E-state index in [0.29, 0.717) is 5.13 Å². The Bertz CT molecular complexity index is 285. The number of ether oxygens (including phenoxy) is 1. The van der Waals surface area contributed by atoms with E-state index in [2.05, 4.69) is 15.0 Å². The van der Waals surface area contributed by atoms with E-state index in [4.69, 9.17) is 0 Å². The molecule has 0 aliphatic carbocycles. The highest BCUT2D eigenvalue weighted by atomic mass is 32.1. The van der Waals surface area contributed by atoms with Gasteiger partial charge in [0.05, 0.1) is 7.11 Å². The zero-order valence-corrected chi connectivity index (χ0v) is 9.05. The summed E-state index contributed by atoms with van der Waals surface area (Å²) in [7, 11) is 1.35. The normalized spacial score (nSPS) is 8.21. The van der Waals surface area contributed by atoms with Gasteiger partial charge in [0, 0.05) is 25.4 Å². The predicted octanol–water partition coefficient (Wildman–Crippen LogP) is 1.28. The molecule has 1 heterocycles. The highest BCUT2D eigenvalue weighted by Gasteiger charge is 1.93. The molecule has 0 bridgehead atoms. The minimum atomic E-state index is -0.245. The first kappa shape index (κ1) is 12.6. The van der Waals surface area contributed by atoms with E-state index in [1.165, 1.54) is 32.3 Å². The lowest BCUT2D eigenvalue weighted by molar-refractivity contribution is -0.137. The third-order valence-corrected chi connectivity index (χ3v) is 1.69. The zero-order valence-electron chi connectivity index (χ0n) is 8.23. The van der Waals surface area contributed by atoms with Gasteiger partial charge in [-0.05, 0) is 0 Å². The second-order valence-corrected chi connectivity index (χ2v) is 3.11. The van der Waals surface area contributed by atoms with Crippen LogP contribution in [0.5, 0.6) is 0 Å². The molecule has 5 nitrogen and oxygen atoms in total. The molecule has 0 aromatic carbocycles. The Morgan fingerprint density at radius 3 is 2.36 bits per heavy atom.